The fourth-order valence-electron chi connectivity index (χ4n) is 1.54. The van der Waals surface area contributed by atoms with E-state index < -0.39 is 25.4 Å². The van der Waals surface area contributed by atoms with Gasteiger partial charge in [-0.15, -0.1) is 5.10 Å². The molecule has 98 valence electrons. The molecule has 0 aromatic carbocycles. The van der Waals surface area contributed by atoms with Crippen LogP contribution in [0.3, 0.4) is 0 Å². The molecule has 7 heteroatoms. The molecule has 0 atom stereocenters. The Labute approximate surface area is 104 Å². The number of rotatable bonds is 5. The Hall–Kier alpha value is -1.70. The van der Waals surface area contributed by atoms with Gasteiger partial charge in [-0.3, -0.25) is 0 Å². The number of nitrogens with zero attached hydrogens (tertiary/aromatic N) is 3. The Morgan fingerprint density at radius 2 is 1.94 bits per heavy atom. The van der Waals surface area contributed by atoms with Crippen molar-refractivity contribution < 1.29 is 15.3 Å². The number of hydrogen-bond donors (Lipinski definition) is 4. The number of aliphatic hydroxyl groups is 3. The fourth-order valence-corrected chi connectivity index (χ4v) is 1.54. The molecule has 2 aromatic heterocycles. The summed E-state index contributed by atoms with van der Waals surface area (Å²) < 4.78 is 1.58. The first-order valence-corrected chi connectivity index (χ1v) is 5.56. The van der Waals surface area contributed by atoms with Crippen LogP contribution >= 0.6 is 0 Å². The molecular weight excluding hydrogens is 236 g/mol. The predicted octanol–water partition coefficient (Wildman–Crippen LogP) is -0.835. The van der Waals surface area contributed by atoms with Gasteiger partial charge < -0.3 is 20.6 Å². The van der Waals surface area contributed by atoms with Crippen molar-refractivity contribution in [3.63, 3.8) is 0 Å². The Morgan fingerprint density at radius 3 is 2.56 bits per heavy atom. The van der Waals surface area contributed by atoms with Crippen molar-refractivity contribution in [2.75, 3.05) is 25.1 Å². The third kappa shape index (κ3) is 2.28. The third-order valence-electron chi connectivity index (χ3n) is 2.78. The molecule has 0 bridgehead atoms. The number of aromatic nitrogens is 3. The Bertz CT molecular complexity index is 528. The second kappa shape index (κ2) is 4.89. The molecule has 0 aliphatic rings. The van der Waals surface area contributed by atoms with Gasteiger partial charge in [-0.25, -0.2) is 4.52 Å². The molecule has 0 unspecified atom stereocenters. The highest BCUT2D eigenvalue weighted by molar-refractivity contribution is 5.46. The van der Waals surface area contributed by atoms with E-state index in [-0.39, 0.29) is 5.95 Å². The molecule has 4 N–H and O–H groups in total. The van der Waals surface area contributed by atoms with Gasteiger partial charge in [-0.1, -0.05) is 0 Å². The summed E-state index contributed by atoms with van der Waals surface area (Å²) >= 11 is 0. The van der Waals surface area contributed by atoms with Crippen LogP contribution in [0.4, 0.5) is 5.95 Å². The zero-order valence-corrected chi connectivity index (χ0v) is 10.0. The van der Waals surface area contributed by atoms with E-state index in [1.165, 1.54) is 0 Å². The first-order valence-electron chi connectivity index (χ1n) is 5.56. The summed E-state index contributed by atoms with van der Waals surface area (Å²) in [7, 11) is 0. The minimum absolute atomic E-state index is 0.248. The topological polar surface area (TPSA) is 103 Å². The van der Waals surface area contributed by atoms with Gasteiger partial charge in [-0.05, 0) is 24.6 Å². The second-order valence-corrected chi connectivity index (χ2v) is 4.32. The second-order valence-electron chi connectivity index (χ2n) is 4.32. The molecule has 0 amide bonds. The lowest BCUT2D eigenvalue weighted by Crippen LogP contribution is -2.49. The van der Waals surface area contributed by atoms with Gasteiger partial charge in [0.25, 0.3) is 0 Å². The van der Waals surface area contributed by atoms with Crippen LogP contribution in [0, 0.1) is 6.92 Å². The molecule has 0 spiro atoms. The van der Waals surface area contributed by atoms with Crippen LogP contribution in [0.5, 0.6) is 0 Å². The highest BCUT2D eigenvalue weighted by atomic mass is 16.3. The van der Waals surface area contributed by atoms with Gasteiger partial charge in [0, 0.05) is 6.20 Å². The maximum Gasteiger partial charge on any atom is 0.243 e. The largest absolute Gasteiger partial charge is 0.394 e. The Morgan fingerprint density at radius 1 is 1.28 bits per heavy atom. The van der Waals surface area contributed by atoms with Crippen molar-refractivity contribution in [1.29, 1.82) is 0 Å². The molecule has 7 nitrogen and oxygen atoms in total. The standard InChI is InChI=1S/C11H16N4O3/c1-8-2-3-15-9(4-8)12-10(14-15)13-11(5-16,6-17)7-18/h2-4,16-18H,5-7H2,1H3,(H,13,14). The van der Waals surface area contributed by atoms with Crippen molar-refractivity contribution in [1.82, 2.24) is 14.6 Å². The van der Waals surface area contributed by atoms with E-state index in [0.717, 1.165) is 5.56 Å². The first kappa shape index (κ1) is 12.7. The summed E-state index contributed by atoms with van der Waals surface area (Å²) in [5, 5.41) is 34.5. The number of hydrogen-bond acceptors (Lipinski definition) is 6. The quantitative estimate of drug-likeness (QED) is 0.553. The lowest BCUT2D eigenvalue weighted by molar-refractivity contribution is 0.0828. The molecular formula is C11H16N4O3. The van der Waals surface area contributed by atoms with Crippen LogP contribution in [0.15, 0.2) is 18.3 Å². The third-order valence-corrected chi connectivity index (χ3v) is 2.78. The highest BCUT2D eigenvalue weighted by Gasteiger charge is 2.29. The van der Waals surface area contributed by atoms with Crippen molar-refractivity contribution in [3.05, 3.63) is 23.9 Å². The molecule has 2 aromatic rings. The van der Waals surface area contributed by atoms with E-state index in [1.807, 2.05) is 19.1 Å². The van der Waals surface area contributed by atoms with E-state index in [4.69, 9.17) is 0 Å². The molecule has 0 saturated carbocycles. The summed E-state index contributed by atoms with van der Waals surface area (Å²) in [5.41, 5.74) is 0.486. The Balaban J connectivity index is 2.31. The summed E-state index contributed by atoms with van der Waals surface area (Å²) in [6, 6.07) is 3.75. The summed E-state index contributed by atoms with van der Waals surface area (Å²) in [4.78, 5) is 4.21. The molecule has 0 aliphatic carbocycles. The van der Waals surface area contributed by atoms with Gasteiger partial charge in [0.05, 0.1) is 19.8 Å². The summed E-state index contributed by atoms with van der Waals surface area (Å²) in [5.74, 6) is 0.248. The monoisotopic (exact) mass is 252 g/mol. The highest BCUT2D eigenvalue weighted by Crippen LogP contribution is 2.13. The average Bonchev–Trinajstić information content (AvgIpc) is 2.77. The van der Waals surface area contributed by atoms with E-state index in [9.17, 15) is 15.3 Å². The minimum atomic E-state index is -1.22. The smallest absolute Gasteiger partial charge is 0.243 e. The van der Waals surface area contributed by atoms with Crippen LogP contribution in [0.2, 0.25) is 0 Å². The van der Waals surface area contributed by atoms with E-state index in [2.05, 4.69) is 15.4 Å². The summed E-state index contributed by atoms with van der Waals surface area (Å²) in [6.45, 7) is 0.680. The summed E-state index contributed by atoms with van der Waals surface area (Å²) in [6.07, 6.45) is 1.77. The van der Waals surface area contributed by atoms with Crippen LogP contribution in [0.25, 0.3) is 5.65 Å². The molecule has 2 heterocycles. The minimum Gasteiger partial charge on any atom is -0.394 e. The number of nitrogens with one attached hydrogen (secondary N) is 1. The molecule has 0 radical (unpaired) electrons. The average molecular weight is 252 g/mol. The number of fused-ring (bicyclic) bond motifs is 1. The van der Waals surface area contributed by atoms with E-state index >= 15 is 0 Å². The van der Waals surface area contributed by atoms with Gasteiger partial charge in [0.15, 0.2) is 5.65 Å². The van der Waals surface area contributed by atoms with Crippen LogP contribution in [0.1, 0.15) is 5.56 Å². The number of aryl methyl sites for hydroxylation is 1. The van der Waals surface area contributed by atoms with Gasteiger partial charge in [-0.2, -0.15) is 4.98 Å². The first-order chi connectivity index (χ1) is 8.62. The zero-order valence-electron chi connectivity index (χ0n) is 10.0. The number of pyridine rings is 1. The van der Waals surface area contributed by atoms with E-state index in [0.29, 0.717) is 5.65 Å². The van der Waals surface area contributed by atoms with Gasteiger partial charge >= 0.3 is 0 Å². The van der Waals surface area contributed by atoms with Crippen LogP contribution in [-0.4, -0.2) is 55.3 Å². The number of aliphatic hydroxyl groups excluding tert-OH is 3. The molecule has 0 fully saturated rings. The lowest BCUT2D eigenvalue weighted by atomic mass is 10.0. The van der Waals surface area contributed by atoms with Crippen molar-refractivity contribution in [2.24, 2.45) is 0 Å². The fraction of sp³-hybridized carbons (Fsp3) is 0.455. The number of anilines is 1. The normalized spacial score (nSPS) is 12.0. The molecule has 18 heavy (non-hydrogen) atoms. The maximum atomic E-state index is 9.21. The molecule has 2 rings (SSSR count). The lowest BCUT2D eigenvalue weighted by Gasteiger charge is -2.27. The van der Waals surface area contributed by atoms with Gasteiger partial charge in [0.2, 0.25) is 5.95 Å². The zero-order chi connectivity index (χ0) is 13.2. The van der Waals surface area contributed by atoms with Crippen molar-refractivity contribution in [2.45, 2.75) is 12.5 Å². The van der Waals surface area contributed by atoms with Crippen LogP contribution in [-0.2, 0) is 0 Å². The predicted molar refractivity (Wildman–Crippen MR) is 65.3 cm³/mol. The molecule has 0 aliphatic heterocycles. The van der Waals surface area contributed by atoms with Crippen LogP contribution < -0.4 is 5.32 Å². The SMILES string of the molecule is Cc1ccn2nc(NC(CO)(CO)CO)nc2c1. The molecule has 0 saturated heterocycles. The van der Waals surface area contributed by atoms with E-state index in [1.54, 1.807) is 10.7 Å². The van der Waals surface area contributed by atoms with Crippen molar-refractivity contribution >= 4 is 11.6 Å². The van der Waals surface area contributed by atoms with Gasteiger partial charge in [0.1, 0.15) is 5.54 Å². The maximum absolute atomic E-state index is 9.21. The Kier molecular flexibility index (Phi) is 3.46. The van der Waals surface area contributed by atoms with Crippen molar-refractivity contribution in [3.8, 4) is 0 Å².